The summed E-state index contributed by atoms with van der Waals surface area (Å²) in [7, 11) is 0. The van der Waals surface area contributed by atoms with Crippen LogP contribution >= 0.6 is 0 Å². The number of rotatable bonds is 6. The number of hydrogen-bond donors (Lipinski definition) is 2. The minimum absolute atomic E-state index is 0.0137. The zero-order chi connectivity index (χ0) is 17.1. The Labute approximate surface area is 142 Å². The van der Waals surface area contributed by atoms with Crippen LogP contribution in [0.3, 0.4) is 0 Å². The Morgan fingerprint density at radius 1 is 1.21 bits per heavy atom. The van der Waals surface area contributed by atoms with Crippen molar-refractivity contribution in [2.24, 2.45) is 0 Å². The molecule has 2 N–H and O–H groups in total. The maximum absolute atomic E-state index is 13.9. The standard InChI is InChI=1S/C20H23FN2O/c1-14-7-10-19(15(2)11-14)22-20(24)13-23(17-8-9-17)12-16-5-3-4-6-18(16)21/h3-7,10-11,17H,8-9,12-13H2,1-2H3,(H,22,24)/p+1. The van der Waals surface area contributed by atoms with Crippen LogP contribution in [0.2, 0.25) is 0 Å². The number of anilines is 1. The molecule has 1 amide bonds. The van der Waals surface area contributed by atoms with E-state index in [0.29, 0.717) is 24.7 Å². The van der Waals surface area contributed by atoms with Crippen LogP contribution in [0.1, 0.15) is 29.5 Å². The zero-order valence-corrected chi connectivity index (χ0v) is 14.2. The van der Waals surface area contributed by atoms with Gasteiger partial charge in [-0.2, -0.15) is 0 Å². The van der Waals surface area contributed by atoms with Crippen molar-refractivity contribution in [3.8, 4) is 0 Å². The van der Waals surface area contributed by atoms with Gasteiger partial charge in [0.2, 0.25) is 0 Å². The number of hydrogen-bond acceptors (Lipinski definition) is 1. The number of aryl methyl sites for hydroxylation is 2. The lowest BCUT2D eigenvalue weighted by Crippen LogP contribution is -3.13. The summed E-state index contributed by atoms with van der Waals surface area (Å²) in [4.78, 5) is 13.6. The van der Waals surface area contributed by atoms with Crippen molar-refractivity contribution >= 4 is 11.6 Å². The van der Waals surface area contributed by atoms with Crippen molar-refractivity contribution in [3.63, 3.8) is 0 Å². The van der Waals surface area contributed by atoms with Crippen molar-refractivity contribution in [3.05, 3.63) is 65.0 Å². The highest BCUT2D eigenvalue weighted by Crippen LogP contribution is 2.17. The van der Waals surface area contributed by atoms with Crippen molar-refractivity contribution < 1.29 is 14.1 Å². The quantitative estimate of drug-likeness (QED) is 0.840. The molecule has 0 heterocycles. The molecule has 2 aromatic rings. The Bertz CT molecular complexity index is 740. The van der Waals surface area contributed by atoms with E-state index in [-0.39, 0.29) is 11.7 Å². The SMILES string of the molecule is Cc1ccc(NC(=O)C[NH+](Cc2ccccc2F)C2CC2)c(C)c1. The molecule has 0 radical (unpaired) electrons. The van der Waals surface area contributed by atoms with Crippen molar-refractivity contribution in [2.45, 2.75) is 39.3 Å². The van der Waals surface area contributed by atoms with Crippen molar-refractivity contribution in [1.82, 2.24) is 0 Å². The van der Waals surface area contributed by atoms with Gasteiger partial charge in [-0.05, 0) is 31.5 Å². The van der Waals surface area contributed by atoms with Gasteiger partial charge in [-0.15, -0.1) is 0 Å². The van der Waals surface area contributed by atoms with E-state index in [0.717, 1.165) is 29.0 Å². The lowest BCUT2D eigenvalue weighted by atomic mass is 10.1. The molecule has 1 saturated carbocycles. The molecule has 0 aliphatic heterocycles. The van der Waals surface area contributed by atoms with Gasteiger partial charge in [0.05, 0.1) is 6.04 Å². The Hall–Kier alpha value is -2.20. The van der Waals surface area contributed by atoms with E-state index in [9.17, 15) is 9.18 Å². The fourth-order valence-electron chi connectivity index (χ4n) is 3.08. The molecule has 3 rings (SSSR count). The molecule has 0 spiro atoms. The second-order valence-electron chi connectivity index (χ2n) is 6.74. The van der Waals surface area contributed by atoms with Gasteiger partial charge in [0, 0.05) is 24.1 Å². The molecule has 2 aromatic carbocycles. The summed E-state index contributed by atoms with van der Waals surface area (Å²) in [5, 5.41) is 3.00. The molecule has 24 heavy (non-hydrogen) atoms. The van der Waals surface area contributed by atoms with E-state index in [1.807, 2.05) is 32.0 Å². The van der Waals surface area contributed by atoms with Crippen LogP contribution in [0.15, 0.2) is 42.5 Å². The number of carbonyl (C=O) groups excluding carboxylic acids is 1. The molecule has 0 aromatic heterocycles. The molecule has 3 nitrogen and oxygen atoms in total. The molecule has 4 heteroatoms. The van der Waals surface area contributed by atoms with Crippen LogP contribution in [-0.2, 0) is 11.3 Å². The third-order valence-corrected chi connectivity index (χ3v) is 4.57. The Balaban J connectivity index is 1.65. The summed E-state index contributed by atoms with van der Waals surface area (Å²) in [6, 6.07) is 13.3. The first kappa shape index (κ1) is 16.7. The third kappa shape index (κ3) is 4.20. The molecule has 1 fully saturated rings. The molecule has 126 valence electrons. The molecule has 0 saturated heterocycles. The van der Waals surface area contributed by atoms with Gasteiger partial charge >= 0.3 is 0 Å². The fraction of sp³-hybridized carbons (Fsp3) is 0.350. The van der Waals surface area contributed by atoms with Gasteiger partial charge < -0.3 is 10.2 Å². The summed E-state index contributed by atoms with van der Waals surface area (Å²) < 4.78 is 13.9. The highest BCUT2D eigenvalue weighted by atomic mass is 19.1. The second-order valence-corrected chi connectivity index (χ2v) is 6.74. The van der Waals surface area contributed by atoms with Crippen LogP contribution in [0, 0.1) is 19.7 Å². The van der Waals surface area contributed by atoms with Crippen LogP contribution in [0.4, 0.5) is 10.1 Å². The molecular weight excluding hydrogens is 303 g/mol. The van der Waals surface area contributed by atoms with Gasteiger partial charge in [-0.3, -0.25) is 4.79 Å². The third-order valence-electron chi connectivity index (χ3n) is 4.57. The summed E-state index contributed by atoms with van der Waals surface area (Å²) >= 11 is 0. The fourth-order valence-corrected chi connectivity index (χ4v) is 3.08. The molecule has 1 unspecified atom stereocenters. The summed E-state index contributed by atoms with van der Waals surface area (Å²) in [5.41, 5.74) is 3.77. The van der Waals surface area contributed by atoms with Gasteiger partial charge in [0.25, 0.3) is 5.91 Å². The zero-order valence-electron chi connectivity index (χ0n) is 14.2. The summed E-state index contributed by atoms with van der Waals surface area (Å²) in [6.45, 7) is 4.95. The van der Waals surface area contributed by atoms with Gasteiger partial charge in [-0.25, -0.2) is 4.39 Å². The number of quaternary nitrogens is 1. The first-order valence-corrected chi connectivity index (χ1v) is 8.48. The topological polar surface area (TPSA) is 33.5 Å². The monoisotopic (exact) mass is 327 g/mol. The molecule has 0 bridgehead atoms. The van der Waals surface area contributed by atoms with Gasteiger partial charge in [-0.1, -0.05) is 35.9 Å². The predicted octanol–water partition coefficient (Wildman–Crippen LogP) is 2.63. The molecule has 1 aliphatic rings. The first-order valence-electron chi connectivity index (χ1n) is 8.48. The van der Waals surface area contributed by atoms with E-state index in [4.69, 9.17) is 0 Å². The number of amides is 1. The van der Waals surface area contributed by atoms with E-state index in [1.54, 1.807) is 12.1 Å². The lowest BCUT2D eigenvalue weighted by molar-refractivity contribution is -0.917. The predicted molar refractivity (Wildman–Crippen MR) is 93.5 cm³/mol. The van der Waals surface area contributed by atoms with E-state index >= 15 is 0 Å². The van der Waals surface area contributed by atoms with Gasteiger partial charge in [0.1, 0.15) is 12.4 Å². The number of halogens is 1. The van der Waals surface area contributed by atoms with Gasteiger partial charge in [0.15, 0.2) is 6.54 Å². The maximum atomic E-state index is 13.9. The minimum atomic E-state index is -0.189. The number of carbonyl (C=O) groups is 1. The smallest absolute Gasteiger partial charge is 0.279 e. The van der Waals surface area contributed by atoms with E-state index < -0.39 is 0 Å². The van der Waals surface area contributed by atoms with Crippen molar-refractivity contribution in [1.29, 1.82) is 0 Å². The van der Waals surface area contributed by atoms with Crippen molar-refractivity contribution in [2.75, 3.05) is 11.9 Å². The number of nitrogens with one attached hydrogen (secondary N) is 2. The van der Waals surface area contributed by atoms with Crippen LogP contribution in [-0.4, -0.2) is 18.5 Å². The normalized spacial score (nSPS) is 15.1. The maximum Gasteiger partial charge on any atom is 0.279 e. The van der Waals surface area contributed by atoms with E-state index in [1.165, 1.54) is 11.6 Å². The highest BCUT2D eigenvalue weighted by Gasteiger charge is 2.35. The largest absolute Gasteiger partial charge is 0.321 e. The summed E-state index contributed by atoms with van der Waals surface area (Å²) in [6.07, 6.45) is 2.22. The Morgan fingerprint density at radius 3 is 2.62 bits per heavy atom. The highest BCUT2D eigenvalue weighted by molar-refractivity contribution is 5.92. The Morgan fingerprint density at radius 2 is 1.96 bits per heavy atom. The minimum Gasteiger partial charge on any atom is -0.321 e. The molecule has 1 aliphatic carbocycles. The molecule has 1 atom stereocenters. The number of benzene rings is 2. The lowest BCUT2D eigenvalue weighted by Gasteiger charge is -2.19. The van der Waals surface area contributed by atoms with Crippen LogP contribution in [0.25, 0.3) is 0 Å². The average molecular weight is 327 g/mol. The van der Waals surface area contributed by atoms with Crippen LogP contribution < -0.4 is 10.2 Å². The first-order chi connectivity index (χ1) is 11.5. The average Bonchev–Trinajstić information content (AvgIpc) is 3.36. The van der Waals surface area contributed by atoms with E-state index in [2.05, 4.69) is 11.4 Å². The Kier molecular flexibility index (Phi) is 4.95. The molecular formula is C20H24FN2O+. The second kappa shape index (κ2) is 7.14. The summed E-state index contributed by atoms with van der Waals surface area (Å²) in [5.74, 6) is -0.203. The van der Waals surface area contributed by atoms with Crippen LogP contribution in [0.5, 0.6) is 0 Å².